The quantitative estimate of drug-likeness (QED) is 0.706. The molecule has 0 spiro atoms. The number of anilines is 1. The number of aliphatic hydroxyl groups is 1. The Balaban J connectivity index is 1.72. The zero-order valence-electron chi connectivity index (χ0n) is 15.3. The summed E-state index contributed by atoms with van der Waals surface area (Å²) in [6.45, 7) is 2.10. The number of hydrogen-bond acceptors (Lipinski definition) is 6. The van der Waals surface area contributed by atoms with E-state index in [4.69, 9.17) is 16.7 Å². The van der Waals surface area contributed by atoms with Crippen molar-refractivity contribution in [3.8, 4) is 6.07 Å². The van der Waals surface area contributed by atoms with E-state index in [0.717, 1.165) is 0 Å². The number of pyridine rings is 1. The van der Waals surface area contributed by atoms with Crippen molar-refractivity contribution in [2.75, 3.05) is 18.0 Å². The SMILES string of the molecule is C[C@H]1[C@H](O)CN1c1nc(C2C[C@H]3[C@@H](CC(=O)O)N3C2)c(Cl)c(C(F)(F)F)c1C#N. The minimum Gasteiger partial charge on any atom is -0.481 e. The van der Waals surface area contributed by atoms with Crippen LogP contribution in [-0.4, -0.2) is 63.4 Å². The smallest absolute Gasteiger partial charge is 0.419 e. The molecule has 1 aromatic rings. The van der Waals surface area contributed by atoms with Gasteiger partial charge in [0.05, 0.1) is 34.8 Å². The Labute approximate surface area is 169 Å². The minimum absolute atomic E-state index is 0.00580. The number of rotatable bonds is 4. The van der Waals surface area contributed by atoms with Crippen molar-refractivity contribution >= 4 is 23.4 Å². The molecule has 0 aromatic carbocycles. The number of fused-ring (bicyclic) bond motifs is 1. The van der Waals surface area contributed by atoms with Gasteiger partial charge in [-0.2, -0.15) is 18.4 Å². The summed E-state index contributed by atoms with van der Waals surface area (Å²) in [7, 11) is 0. The first-order valence-corrected chi connectivity index (χ1v) is 9.55. The van der Waals surface area contributed by atoms with Gasteiger partial charge in [-0.15, -0.1) is 0 Å². The van der Waals surface area contributed by atoms with Gasteiger partial charge in [0, 0.05) is 31.1 Å². The van der Waals surface area contributed by atoms with Crippen LogP contribution in [0, 0.1) is 11.3 Å². The van der Waals surface area contributed by atoms with Crippen molar-refractivity contribution in [2.24, 2.45) is 0 Å². The summed E-state index contributed by atoms with van der Waals surface area (Å²) in [6, 6.07) is 1.02. The van der Waals surface area contributed by atoms with E-state index < -0.39 is 40.4 Å². The number of aliphatic hydroxyl groups excluding tert-OH is 1. The van der Waals surface area contributed by atoms with Crippen molar-refractivity contribution in [3.05, 3.63) is 21.8 Å². The van der Waals surface area contributed by atoms with Gasteiger partial charge in [0.2, 0.25) is 0 Å². The van der Waals surface area contributed by atoms with E-state index in [1.54, 1.807) is 13.0 Å². The number of β-amino-alcohol motifs (C(OH)–C–C–N with tert-alkyl or cyclic N) is 1. The van der Waals surface area contributed by atoms with Crippen LogP contribution in [0.2, 0.25) is 5.02 Å². The lowest BCUT2D eigenvalue weighted by molar-refractivity contribution is -0.138. The third-order valence-electron chi connectivity index (χ3n) is 6.18. The van der Waals surface area contributed by atoms with Gasteiger partial charge in [0.15, 0.2) is 0 Å². The summed E-state index contributed by atoms with van der Waals surface area (Å²) in [6.07, 6.45) is -5.09. The molecule has 1 aromatic heterocycles. The van der Waals surface area contributed by atoms with Crippen LogP contribution >= 0.6 is 11.6 Å². The molecule has 0 saturated carbocycles. The molecular formula is C18H18ClF3N4O3. The molecule has 3 fully saturated rings. The monoisotopic (exact) mass is 430 g/mol. The molecule has 3 saturated heterocycles. The van der Waals surface area contributed by atoms with Gasteiger partial charge in [0.1, 0.15) is 17.5 Å². The van der Waals surface area contributed by atoms with Crippen molar-refractivity contribution in [2.45, 2.75) is 56.1 Å². The fraction of sp³-hybridized carbons (Fsp3) is 0.611. The molecule has 3 aliphatic rings. The van der Waals surface area contributed by atoms with E-state index in [1.165, 1.54) is 4.90 Å². The lowest BCUT2D eigenvalue weighted by Gasteiger charge is -2.45. The van der Waals surface area contributed by atoms with Gasteiger partial charge in [-0.05, 0) is 13.3 Å². The van der Waals surface area contributed by atoms with Gasteiger partial charge in [-0.1, -0.05) is 11.6 Å². The molecule has 156 valence electrons. The first kappa shape index (κ1) is 20.2. The second kappa shape index (κ2) is 6.72. The molecular weight excluding hydrogens is 413 g/mol. The molecule has 2 N–H and O–H groups in total. The first-order valence-electron chi connectivity index (χ1n) is 9.17. The average Bonchev–Trinajstić information content (AvgIpc) is 3.06. The van der Waals surface area contributed by atoms with Crippen molar-refractivity contribution in [1.29, 1.82) is 5.26 Å². The molecule has 0 bridgehead atoms. The molecule has 2 unspecified atom stereocenters. The molecule has 0 aliphatic carbocycles. The number of nitrogens with zero attached hydrogens (tertiary/aromatic N) is 4. The number of halogens is 4. The van der Waals surface area contributed by atoms with E-state index in [9.17, 15) is 28.3 Å². The second-order valence-electron chi connectivity index (χ2n) is 7.82. The van der Waals surface area contributed by atoms with Crippen LogP contribution in [0.5, 0.6) is 0 Å². The Hall–Kier alpha value is -2.09. The highest BCUT2D eigenvalue weighted by molar-refractivity contribution is 6.32. The third kappa shape index (κ3) is 3.21. The fourth-order valence-corrected chi connectivity index (χ4v) is 4.89. The van der Waals surface area contributed by atoms with Crippen LogP contribution in [0.25, 0.3) is 0 Å². The zero-order valence-corrected chi connectivity index (χ0v) is 16.1. The molecule has 29 heavy (non-hydrogen) atoms. The highest BCUT2D eigenvalue weighted by Crippen LogP contribution is 2.50. The Morgan fingerprint density at radius 1 is 1.41 bits per heavy atom. The molecule has 6 atom stereocenters. The highest BCUT2D eigenvalue weighted by Gasteiger charge is 2.56. The van der Waals surface area contributed by atoms with Gasteiger partial charge >= 0.3 is 12.1 Å². The van der Waals surface area contributed by atoms with Gasteiger partial charge in [-0.3, -0.25) is 9.69 Å². The van der Waals surface area contributed by atoms with Crippen molar-refractivity contribution in [3.63, 3.8) is 0 Å². The van der Waals surface area contributed by atoms with Crippen LogP contribution in [0.1, 0.15) is 42.5 Å². The number of hydrogen-bond donors (Lipinski definition) is 2. The molecule has 3 aliphatic heterocycles. The maximum atomic E-state index is 13.8. The Kier molecular flexibility index (Phi) is 4.68. The standard InChI is InChI=1S/C18H18ClF3N4O3/c1-7-12(27)6-25(7)17-9(4-23)14(18(20,21)22)15(19)16(24-17)8-2-10-11(3-13(28)29)26(10)5-8/h7-8,10-12,27H,2-3,5-6H2,1H3,(H,28,29)/t7-,8?,10-,11+,12+,26?/m0/s1. The van der Waals surface area contributed by atoms with E-state index in [-0.39, 0.29) is 42.5 Å². The lowest BCUT2D eigenvalue weighted by Crippen LogP contribution is -2.59. The average molecular weight is 431 g/mol. The molecule has 4 rings (SSSR count). The minimum atomic E-state index is -4.84. The molecule has 0 radical (unpaired) electrons. The van der Waals surface area contributed by atoms with Crippen LogP contribution < -0.4 is 4.90 Å². The van der Waals surface area contributed by atoms with Gasteiger partial charge < -0.3 is 15.1 Å². The summed E-state index contributed by atoms with van der Waals surface area (Å²) >= 11 is 6.13. The summed E-state index contributed by atoms with van der Waals surface area (Å²) < 4.78 is 41.4. The zero-order chi connectivity index (χ0) is 21.2. The largest absolute Gasteiger partial charge is 0.481 e. The van der Waals surface area contributed by atoms with Crippen LogP contribution in [-0.2, 0) is 11.0 Å². The summed E-state index contributed by atoms with van der Waals surface area (Å²) in [4.78, 5) is 18.7. The maximum absolute atomic E-state index is 13.8. The number of aromatic nitrogens is 1. The number of piperidine rings is 1. The Morgan fingerprint density at radius 3 is 2.55 bits per heavy atom. The van der Waals surface area contributed by atoms with E-state index in [1.807, 2.05) is 4.90 Å². The number of aliphatic carboxylic acids is 1. The topological polar surface area (TPSA) is 100 Å². The van der Waals surface area contributed by atoms with Crippen LogP contribution in [0.3, 0.4) is 0 Å². The third-order valence-corrected chi connectivity index (χ3v) is 6.56. The number of carboxylic acids is 1. The maximum Gasteiger partial charge on any atom is 0.419 e. The molecule has 11 heteroatoms. The van der Waals surface area contributed by atoms with Crippen molar-refractivity contribution in [1.82, 2.24) is 9.88 Å². The van der Waals surface area contributed by atoms with E-state index in [2.05, 4.69) is 4.98 Å². The number of carboxylic acid groups (broad SMARTS) is 1. The molecule has 0 amide bonds. The summed E-state index contributed by atoms with van der Waals surface area (Å²) in [5, 5.41) is 27.5. The Bertz CT molecular complexity index is 907. The van der Waals surface area contributed by atoms with E-state index in [0.29, 0.717) is 13.0 Å². The lowest BCUT2D eigenvalue weighted by atomic mass is 9.94. The predicted octanol–water partition coefficient (Wildman–Crippen LogP) is 2.21. The fourth-order valence-electron chi connectivity index (χ4n) is 4.50. The molecule has 4 heterocycles. The van der Waals surface area contributed by atoms with Crippen LogP contribution in [0.15, 0.2) is 0 Å². The molecule has 7 nitrogen and oxygen atoms in total. The highest BCUT2D eigenvalue weighted by atomic mass is 35.5. The number of carbonyl (C=O) groups is 1. The van der Waals surface area contributed by atoms with Crippen LogP contribution in [0.4, 0.5) is 19.0 Å². The van der Waals surface area contributed by atoms with Gasteiger partial charge in [0.25, 0.3) is 0 Å². The predicted molar refractivity (Wildman–Crippen MR) is 95.7 cm³/mol. The summed E-state index contributed by atoms with van der Waals surface area (Å²) in [5.74, 6) is -1.41. The number of nitriles is 1. The normalized spacial score (nSPS) is 33.1. The Morgan fingerprint density at radius 2 is 2.10 bits per heavy atom. The van der Waals surface area contributed by atoms with Gasteiger partial charge in [-0.25, -0.2) is 4.98 Å². The van der Waals surface area contributed by atoms with E-state index >= 15 is 0 Å². The first-order chi connectivity index (χ1) is 13.5. The number of alkyl halides is 3. The second-order valence-corrected chi connectivity index (χ2v) is 8.19. The summed E-state index contributed by atoms with van der Waals surface area (Å²) in [5.41, 5.74) is -1.77. The van der Waals surface area contributed by atoms with Crippen molar-refractivity contribution < 1.29 is 28.2 Å².